The molecular formula is C43H74N6O17. The monoisotopic (exact) mass is 947 g/mol. The van der Waals surface area contributed by atoms with Gasteiger partial charge < -0.3 is 66.5 Å². The maximum atomic E-state index is 12.5. The normalized spacial score (nSPS) is 12.2. The van der Waals surface area contributed by atoms with Crippen molar-refractivity contribution in [3.8, 4) is 0 Å². The molecule has 0 heterocycles. The van der Waals surface area contributed by atoms with E-state index in [9.17, 15) is 58.2 Å². The molecule has 66 heavy (non-hydrogen) atoms. The Balaban J connectivity index is 3.92. The van der Waals surface area contributed by atoms with Gasteiger partial charge >= 0.3 is 23.9 Å². The third kappa shape index (κ3) is 37.9. The molecule has 0 bridgehead atoms. The van der Waals surface area contributed by atoms with Crippen LogP contribution in [0.15, 0.2) is 0 Å². The van der Waals surface area contributed by atoms with Gasteiger partial charge in [-0.25, -0.2) is 9.59 Å². The first-order chi connectivity index (χ1) is 31.7. The number of carboxylic acids is 4. The van der Waals surface area contributed by atoms with Crippen molar-refractivity contribution in [3.05, 3.63) is 0 Å². The van der Waals surface area contributed by atoms with E-state index in [0.717, 1.165) is 51.4 Å². The first-order valence-electron chi connectivity index (χ1n) is 22.9. The predicted molar refractivity (Wildman–Crippen MR) is 236 cm³/mol. The summed E-state index contributed by atoms with van der Waals surface area (Å²) in [5.74, 6) is -8.69. The maximum absolute atomic E-state index is 12.5. The summed E-state index contributed by atoms with van der Waals surface area (Å²) in [5, 5.41) is 50.4. The number of nitrogens with one attached hydrogen (secondary N) is 6. The molecule has 23 nitrogen and oxygen atoms in total. The Kier molecular flexibility index (Phi) is 37.7. The highest BCUT2D eigenvalue weighted by Crippen LogP contribution is 2.14. The van der Waals surface area contributed by atoms with Crippen LogP contribution in [0.3, 0.4) is 0 Å². The average molecular weight is 947 g/mol. The zero-order valence-electron chi connectivity index (χ0n) is 38.1. The molecule has 0 spiro atoms. The number of carbonyl (C=O) groups excluding carboxylic acids is 6. The molecule has 0 radical (unpaired) electrons. The summed E-state index contributed by atoms with van der Waals surface area (Å²) >= 11 is 0. The number of carboxylic acid groups (broad SMARTS) is 4. The van der Waals surface area contributed by atoms with Crippen LogP contribution in [0, 0.1) is 0 Å². The fourth-order valence-electron chi connectivity index (χ4n) is 6.25. The van der Waals surface area contributed by atoms with Crippen molar-refractivity contribution < 1.29 is 82.6 Å². The lowest BCUT2D eigenvalue weighted by molar-refractivity contribution is -0.145. The Bertz CT molecular complexity index is 1450. The summed E-state index contributed by atoms with van der Waals surface area (Å²) < 4.78 is 16.3. The van der Waals surface area contributed by atoms with Gasteiger partial charge in [-0.15, -0.1) is 0 Å². The molecule has 23 heteroatoms. The van der Waals surface area contributed by atoms with Gasteiger partial charge in [-0.3, -0.25) is 38.4 Å². The Morgan fingerprint density at radius 3 is 1.21 bits per heavy atom. The quantitative estimate of drug-likeness (QED) is 0.0301. The highest BCUT2D eigenvalue weighted by Gasteiger charge is 2.30. The van der Waals surface area contributed by atoms with Crippen molar-refractivity contribution in [1.82, 2.24) is 31.9 Å². The van der Waals surface area contributed by atoms with Gasteiger partial charge in [0.05, 0.1) is 52.2 Å². The first-order valence-corrected chi connectivity index (χ1v) is 22.9. The Labute approximate surface area is 385 Å². The number of carbonyl (C=O) groups is 10. The second-order valence-electron chi connectivity index (χ2n) is 15.6. The van der Waals surface area contributed by atoms with Crippen LogP contribution < -0.4 is 31.9 Å². The highest BCUT2D eigenvalue weighted by molar-refractivity contribution is 5.94. The SMILES string of the molecule is O=CNCC(=O)N[C@@H](CC(=O)O)C(=O)N[C@@H](CC(=O)NCCCOCCOCCOCCCNC(=O)C[C@H](NC(=O)CCCCCCCCCCCCCCCCC(=O)O)C(=O)O)C(=O)O. The number of aliphatic carboxylic acids is 4. The molecule has 0 aliphatic carbocycles. The highest BCUT2D eigenvalue weighted by atomic mass is 16.5. The number of rotatable bonds is 46. The molecular weight excluding hydrogens is 872 g/mol. The summed E-state index contributed by atoms with van der Waals surface area (Å²) in [7, 11) is 0. The van der Waals surface area contributed by atoms with E-state index in [1.807, 2.05) is 10.6 Å². The van der Waals surface area contributed by atoms with Crippen LogP contribution in [-0.2, 0) is 62.2 Å². The van der Waals surface area contributed by atoms with Crippen LogP contribution in [0.5, 0.6) is 0 Å². The minimum atomic E-state index is -1.72. The molecule has 0 saturated heterocycles. The predicted octanol–water partition coefficient (Wildman–Crippen LogP) is 1.000. The molecule has 0 rings (SSSR count). The number of amides is 6. The van der Waals surface area contributed by atoms with Crippen molar-refractivity contribution in [3.63, 3.8) is 0 Å². The van der Waals surface area contributed by atoms with Gasteiger partial charge in [0.2, 0.25) is 35.9 Å². The van der Waals surface area contributed by atoms with Crippen molar-refractivity contribution >= 4 is 59.8 Å². The lowest BCUT2D eigenvalue weighted by atomic mass is 10.0. The number of unbranched alkanes of at least 4 members (excludes halogenated alkanes) is 13. The minimum Gasteiger partial charge on any atom is -0.481 e. The fourth-order valence-corrected chi connectivity index (χ4v) is 6.25. The van der Waals surface area contributed by atoms with Gasteiger partial charge in [0.25, 0.3) is 0 Å². The molecule has 0 aromatic rings. The Hall–Kier alpha value is -5.42. The van der Waals surface area contributed by atoms with Crippen LogP contribution in [0.4, 0.5) is 0 Å². The summed E-state index contributed by atoms with van der Waals surface area (Å²) in [6, 6.07) is -4.70. The van der Waals surface area contributed by atoms with Gasteiger partial charge in [0.1, 0.15) is 18.1 Å². The van der Waals surface area contributed by atoms with Crippen LogP contribution in [0.1, 0.15) is 135 Å². The van der Waals surface area contributed by atoms with E-state index in [4.69, 9.17) is 24.4 Å². The lowest BCUT2D eigenvalue weighted by Crippen LogP contribution is -2.54. The molecule has 6 amide bonds. The van der Waals surface area contributed by atoms with Crippen LogP contribution in [0.2, 0.25) is 0 Å². The molecule has 0 aliphatic heterocycles. The van der Waals surface area contributed by atoms with Crippen molar-refractivity contribution in [2.45, 2.75) is 153 Å². The molecule has 0 aromatic carbocycles. The van der Waals surface area contributed by atoms with Gasteiger partial charge in [0, 0.05) is 39.1 Å². The van der Waals surface area contributed by atoms with Gasteiger partial charge in [0.15, 0.2) is 0 Å². The largest absolute Gasteiger partial charge is 0.481 e. The second kappa shape index (κ2) is 41.0. The molecule has 10 N–H and O–H groups in total. The summed E-state index contributed by atoms with van der Waals surface area (Å²) in [4.78, 5) is 116. The summed E-state index contributed by atoms with van der Waals surface area (Å²) in [6.07, 6.45) is 14.3. The van der Waals surface area contributed by atoms with E-state index in [2.05, 4.69) is 21.3 Å². The molecule has 0 fully saturated rings. The number of hydrogen-bond donors (Lipinski definition) is 10. The summed E-state index contributed by atoms with van der Waals surface area (Å²) in [6.45, 7) is 1.44. The van der Waals surface area contributed by atoms with E-state index in [0.29, 0.717) is 25.9 Å². The van der Waals surface area contributed by atoms with E-state index in [1.165, 1.54) is 32.1 Å². The number of ether oxygens (including phenoxy) is 3. The zero-order valence-corrected chi connectivity index (χ0v) is 38.1. The zero-order chi connectivity index (χ0) is 49.2. The van der Waals surface area contributed by atoms with Gasteiger partial charge in [-0.2, -0.15) is 0 Å². The van der Waals surface area contributed by atoms with Crippen molar-refractivity contribution in [1.29, 1.82) is 0 Å². The fraction of sp³-hybridized carbons (Fsp3) is 0.767. The maximum Gasteiger partial charge on any atom is 0.326 e. The van der Waals surface area contributed by atoms with E-state index in [1.54, 1.807) is 0 Å². The molecule has 0 aromatic heterocycles. The molecule has 0 saturated carbocycles. The van der Waals surface area contributed by atoms with Crippen LogP contribution in [-0.4, -0.2) is 158 Å². The third-order valence-corrected chi connectivity index (χ3v) is 9.77. The third-order valence-electron chi connectivity index (χ3n) is 9.77. The topological polar surface area (TPSA) is 351 Å². The van der Waals surface area contributed by atoms with Crippen molar-refractivity contribution in [2.24, 2.45) is 0 Å². The standard InChI is InChI=1S/C43H74N6O17/c50-31-44-30-38(54)47-32(29-40(57)58)41(59)49-34(43(62)63)28-37(53)46-20-16-22-65-24-26-66-25-23-64-21-15-19-45-36(52)27-33(42(60)61)48-35(51)17-13-11-9-7-5-3-1-2-4-6-8-10-12-14-18-39(55)56/h31-34H,1-30H2,(H,44,50)(H,45,52)(H,46,53)(H,47,54)(H,48,51)(H,49,59)(H,55,56)(H,57,58)(H,60,61)(H,62,63)/t32-,33-,34-/m0/s1. The van der Waals surface area contributed by atoms with Crippen LogP contribution in [0.25, 0.3) is 0 Å². The number of hydrogen-bond acceptors (Lipinski definition) is 13. The summed E-state index contributed by atoms with van der Waals surface area (Å²) in [5.41, 5.74) is 0. The van der Waals surface area contributed by atoms with Crippen molar-refractivity contribution in [2.75, 3.05) is 59.3 Å². The Morgan fingerprint density at radius 1 is 0.409 bits per heavy atom. The second-order valence-corrected chi connectivity index (χ2v) is 15.6. The molecule has 0 aliphatic rings. The van der Waals surface area contributed by atoms with Gasteiger partial charge in [-0.05, 0) is 25.7 Å². The molecule has 3 atom stereocenters. The first kappa shape index (κ1) is 60.6. The van der Waals surface area contributed by atoms with Gasteiger partial charge in [-0.1, -0.05) is 77.0 Å². The van der Waals surface area contributed by atoms with Crippen LogP contribution >= 0.6 is 0 Å². The Morgan fingerprint density at radius 2 is 0.803 bits per heavy atom. The van der Waals surface area contributed by atoms with E-state index in [-0.39, 0.29) is 71.8 Å². The molecule has 0 unspecified atom stereocenters. The molecule has 378 valence electrons. The average Bonchev–Trinajstić information content (AvgIpc) is 3.25. The van der Waals surface area contributed by atoms with E-state index >= 15 is 0 Å². The lowest BCUT2D eigenvalue weighted by Gasteiger charge is -2.20. The smallest absolute Gasteiger partial charge is 0.326 e. The minimum absolute atomic E-state index is 0.124. The van der Waals surface area contributed by atoms with E-state index < -0.39 is 90.9 Å².